The summed E-state index contributed by atoms with van der Waals surface area (Å²) in [5.41, 5.74) is 2.95. The van der Waals surface area contributed by atoms with Gasteiger partial charge in [0.1, 0.15) is 5.75 Å². The largest absolute Gasteiger partial charge is 0.496 e. The summed E-state index contributed by atoms with van der Waals surface area (Å²) in [4.78, 5) is 27.0. The number of hydrogen-bond acceptors (Lipinski definition) is 6. The second kappa shape index (κ2) is 12.6. The van der Waals surface area contributed by atoms with Gasteiger partial charge in [0.15, 0.2) is 0 Å². The van der Waals surface area contributed by atoms with E-state index in [0.29, 0.717) is 12.0 Å². The fraction of sp³-hybridized carbons (Fsp3) is 0.500. The average Bonchev–Trinajstić information content (AvgIpc) is 2.85. The van der Waals surface area contributed by atoms with Crippen molar-refractivity contribution in [3.05, 3.63) is 64.7 Å². The van der Waals surface area contributed by atoms with Crippen molar-refractivity contribution in [2.75, 3.05) is 41.5 Å². The summed E-state index contributed by atoms with van der Waals surface area (Å²) >= 11 is 0. The van der Waals surface area contributed by atoms with Crippen LogP contribution in [0.4, 0.5) is 0 Å². The number of rotatable bonds is 12. The van der Waals surface area contributed by atoms with E-state index < -0.39 is 5.41 Å². The highest BCUT2D eigenvalue weighted by Crippen LogP contribution is 2.40. The zero-order valence-corrected chi connectivity index (χ0v) is 21.6. The summed E-state index contributed by atoms with van der Waals surface area (Å²) in [6.45, 7) is 7.88. The quantitative estimate of drug-likeness (QED) is 0.416. The van der Waals surface area contributed by atoms with Gasteiger partial charge in [-0.1, -0.05) is 38.1 Å². The molecule has 0 aromatic heterocycles. The predicted molar refractivity (Wildman–Crippen MR) is 134 cm³/mol. The van der Waals surface area contributed by atoms with Crippen LogP contribution in [0, 0.1) is 12.8 Å². The fourth-order valence-corrected chi connectivity index (χ4v) is 4.49. The van der Waals surface area contributed by atoms with Gasteiger partial charge >= 0.3 is 11.9 Å². The van der Waals surface area contributed by atoms with E-state index in [4.69, 9.17) is 14.2 Å². The monoisotopic (exact) mass is 469 g/mol. The highest BCUT2D eigenvalue weighted by atomic mass is 16.5. The summed E-state index contributed by atoms with van der Waals surface area (Å²) in [5.74, 6) is 0.309. The third-order valence-electron chi connectivity index (χ3n) is 6.73. The molecule has 6 nitrogen and oxygen atoms in total. The number of nitrogens with zero attached hydrogens (tertiary/aromatic N) is 1. The molecule has 186 valence electrons. The molecule has 0 radical (unpaired) electrons. The Bertz CT molecular complexity index is 954. The molecule has 2 aromatic carbocycles. The van der Waals surface area contributed by atoms with Gasteiger partial charge in [0.05, 0.1) is 32.3 Å². The van der Waals surface area contributed by atoms with Gasteiger partial charge < -0.3 is 19.1 Å². The number of carbonyl (C=O) groups is 2. The maximum atomic E-state index is 13.1. The van der Waals surface area contributed by atoms with Gasteiger partial charge in [-0.2, -0.15) is 0 Å². The van der Waals surface area contributed by atoms with Gasteiger partial charge in [-0.15, -0.1) is 0 Å². The third kappa shape index (κ3) is 6.38. The normalized spacial score (nSPS) is 13.0. The molecule has 0 aliphatic heterocycles. The molecule has 0 bridgehead atoms. The van der Waals surface area contributed by atoms with Gasteiger partial charge in [-0.3, -0.25) is 4.79 Å². The molecule has 0 saturated heterocycles. The van der Waals surface area contributed by atoms with Gasteiger partial charge in [-0.25, -0.2) is 4.79 Å². The number of carbonyl (C=O) groups excluding carboxylic acids is 2. The minimum atomic E-state index is -0.736. The van der Waals surface area contributed by atoms with Crippen LogP contribution in [0.15, 0.2) is 42.5 Å². The average molecular weight is 470 g/mol. The minimum Gasteiger partial charge on any atom is -0.496 e. The first kappa shape index (κ1) is 27.4. The van der Waals surface area contributed by atoms with Crippen LogP contribution in [0.5, 0.6) is 5.75 Å². The van der Waals surface area contributed by atoms with Crippen LogP contribution < -0.4 is 4.74 Å². The first-order valence-corrected chi connectivity index (χ1v) is 11.8. The van der Waals surface area contributed by atoms with E-state index >= 15 is 0 Å². The number of benzene rings is 2. The molecule has 6 heteroatoms. The maximum absolute atomic E-state index is 13.1. The number of methoxy groups -OCH3 is 3. The van der Waals surface area contributed by atoms with Crippen molar-refractivity contribution in [3.63, 3.8) is 0 Å². The first-order valence-electron chi connectivity index (χ1n) is 11.8. The molecule has 1 unspecified atom stereocenters. The molecule has 0 aliphatic rings. The smallest absolute Gasteiger partial charge is 0.337 e. The summed E-state index contributed by atoms with van der Waals surface area (Å²) < 4.78 is 15.6. The summed E-state index contributed by atoms with van der Waals surface area (Å²) in [5, 5.41) is 0. The first-order chi connectivity index (χ1) is 16.2. The number of aryl methyl sites for hydroxylation is 1. The van der Waals surface area contributed by atoms with Crippen LogP contribution >= 0.6 is 0 Å². The summed E-state index contributed by atoms with van der Waals surface area (Å²) in [6, 6.07) is 13.5. The van der Waals surface area contributed by atoms with Gasteiger partial charge in [-0.05, 0) is 80.6 Å². The Balaban J connectivity index is 2.06. The van der Waals surface area contributed by atoms with Crippen molar-refractivity contribution < 1.29 is 23.8 Å². The van der Waals surface area contributed by atoms with Crippen LogP contribution in [0.1, 0.15) is 53.7 Å². The zero-order chi connectivity index (χ0) is 25.3. The number of ether oxygens (including phenoxy) is 3. The Kier molecular flexibility index (Phi) is 10.1. The van der Waals surface area contributed by atoms with Crippen molar-refractivity contribution in [1.82, 2.24) is 4.90 Å². The van der Waals surface area contributed by atoms with Crippen LogP contribution in [0.3, 0.4) is 0 Å². The van der Waals surface area contributed by atoms with Crippen molar-refractivity contribution in [2.45, 2.75) is 45.4 Å². The summed E-state index contributed by atoms with van der Waals surface area (Å²) in [7, 11) is 6.59. The molecule has 0 aliphatic carbocycles. The predicted octanol–water partition coefficient (Wildman–Crippen LogP) is 4.81. The molecule has 0 saturated carbocycles. The van der Waals surface area contributed by atoms with Crippen LogP contribution in [-0.2, 0) is 26.1 Å². The van der Waals surface area contributed by atoms with Crippen molar-refractivity contribution in [3.8, 4) is 5.75 Å². The SMILES string of the molecule is COC(=O)c1ccc(CCN(C)CCCC(C(=O)OC)(c2ccc(C)c(OC)c2)C(C)C)cc1. The molecule has 0 heterocycles. The lowest BCUT2D eigenvalue weighted by molar-refractivity contribution is -0.150. The van der Waals surface area contributed by atoms with E-state index in [1.54, 1.807) is 19.2 Å². The number of likely N-dealkylation sites (N-methyl/N-ethyl adjacent to an activating group) is 1. The Morgan fingerprint density at radius 3 is 2.21 bits per heavy atom. The second-order valence-corrected chi connectivity index (χ2v) is 9.15. The van der Waals surface area contributed by atoms with Crippen LogP contribution in [0.25, 0.3) is 0 Å². The number of esters is 2. The Morgan fingerprint density at radius 2 is 1.65 bits per heavy atom. The van der Waals surface area contributed by atoms with Gasteiger partial charge in [0.2, 0.25) is 0 Å². The zero-order valence-electron chi connectivity index (χ0n) is 21.6. The van der Waals surface area contributed by atoms with Crippen LogP contribution in [0.2, 0.25) is 0 Å². The van der Waals surface area contributed by atoms with E-state index in [1.165, 1.54) is 14.2 Å². The molecule has 34 heavy (non-hydrogen) atoms. The lowest BCUT2D eigenvalue weighted by Crippen LogP contribution is -2.42. The van der Waals surface area contributed by atoms with Crippen LogP contribution in [-0.4, -0.2) is 58.3 Å². The third-order valence-corrected chi connectivity index (χ3v) is 6.73. The van der Waals surface area contributed by atoms with Crippen molar-refractivity contribution in [2.24, 2.45) is 5.92 Å². The van der Waals surface area contributed by atoms with E-state index in [-0.39, 0.29) is 17.9 Å². The van der Waals surface area contributed by atoms with E-state index in [1.807, 2.05) is 37.3 Å². The highest BCUT2D eigenvalue weighted by molar-refractivity contribution is 5.89. The molecule has 2 rings (SSSR count). The lowest BCUT2D eigenvalue weighted by atomic mass is 9.68. The van der Waals surface area contributed by atoms with Gasteiger partial charge in [0.25, 0.3) is 0 Å². The molecular formula is C28H39NO5. The highest BCUT2D eigenvalue weighted by Gasteiger charge is 2.44. The van der Waals surface area contributed by atoms with Gasteiger partial charge in [0, 0.05) is 6.54 Å². The van der Waals surface area contributed by atoms with E-state index in [9.17, 15) is 9.59 Å². The summed E-state index contributed by atoms with van der Waals surface area (Å²) in [6.07, 6.45) is 2.41. The Labute approximate surface area is 204 Å². The molecule has 2 aromatic rings. The van der Waals surface area contributed by atoms with Crippen molar-refractivity contribution in [1.29, 1.82) is 0 Å². The molecule has 0 amide bonds. The fourth-order valence-electron chi connectivity index (χ4n) is 4.49. The molecule has 0 fully saturated rings. The lowest BCUT2D eigenvalue weighted by Gasteiger charge is -2.36. The maximum Gasteiger partial charge on any atom is 0.337 e. The molecule has 1 atom stereocenters. The standard InChI is InChI=1S/C28H39NO5/c1-20(2)28(27(31)34-7,24-14-9-21(3)25(19-24)32-5)16-8-17-29(4)18-15-22-10-12-23(13-11-22)26(30)33-6/h9-14,19-20H,8,15-18H2,1-7H3. The van der Waals surface area contributed by atoms with Crippen molar-refractivity contribution >= 4 is 11.9 Å². The Morgan fingerprint density at radius 1 is 0.971 bits per heavy atom. The molecular weight excluding hydrogens is 430 g/mol. The van der Waals surface area contributed by atoms with E-state index in [2.05, 4.69) is 25.8 Å². The second-order valence-electron chi connectivity index (χ2n) is 9.15. The Hall–Kier alpha value is -2.86. The molecule has 0 spiro atoms. The number of hydrogen-bond donors (Lipinski definition) is 0. The topological polar surface area (TPSA) is 65.1 Å². The van der Waals surface area contributed by atoms with E-state index in [0.717, 1.165) is 48.4 Å². The molecule has 0 N–H and O–H groups in total. The minimum absolute atomic E-state index is 0.0611.